The number of hydrogen-bond donors (Lipinski definition) is 1. The third kappa shape index (κ3) is 10.3. The van der Waals surface area contributed by atoms with Gasteiger partial charge in [-0.2, -0.15) is 4.91 Å². The largest absolute Gasteiger partial charge is 0.508 e. The van der Waals surface area contributed by atoms with E-state index in [1.54, 1.807) is 12.1 Å². The number of phenolic OH excluding ortho intramolecular Hbond substituents is 1. The molecule has 0 aliphatic rings. The van der Waals surface area contributed by atoms with Crippen molar-refractivity contribution in [3.8, 4) is 5.75 Å². The Morgan fingerprint density at radius 1 is 1.00 bits per heavy atom. The van der Waals surface area contributed by atoms with E-state index in [1.807, 2.05) is 12.1 Å². The molecule has 1 aromatic rings. The van der Waals surface area contributed by atoms with Crippen molar-refractivity contribution < 1.29 is 14.6 Å². The number of hydrogen-bond acceptors (Lipinski definition) is 6. The summed E-state index contributed by atoms with van der Waals surface area (Å²) in [5.41, 5.74) is 0.954. The standard InChI is InChI=1S/C21H36N2O4/c1-4-6-12-26-16-18(3)14-23(20-8-10-21(24)11-9-20)15-19(22-25)17-27-13-7-5-2/h8-11,18-19,24H,4-7,12-17H2,1-3H3. The maximum atomic E-state index is 11.3. The highest BCUT2D eigenvalue weighted by atomic mass is 16.5. The number of rotatable bonds is 16. The normalized spacial score (nSPS) is 13.3. The summed E-state index contributed by atoms with van der Waals surface area (Å²) in [6.45, 7) is 10.1. The van der Waals surface area contributed by atoms with Gasteiger partial charge in [-0.1, -0.05) is 38.8 Å². The molecule has 2 atom stereocenters. The summed E-state index contributed by atoms with van der Waals surface area (Å²) in [4.78, 5) is 13.4. The number of nitrogens with zero attached hydrogens (tertiary/aromatic N) is 2. The molecule has 1 rings (SSSR count). The molecule has 1 N–H and O–H groups in total. The molecule has 0 bridgehead atoms. The van der Waals surface area contributed by atoms with Crippen LogP contribution in [0.15, 0.2) is 29.4 Å². The van der Waals surface area contributed by atoms with Crippen molar-refractivity contribution >= 4 is 5.69 Å². The third-order valence-corrected chi connectivity index (χ3v) is 4.32. The number of benzene rings is 1. The lowest BCUT2D eigenvalue weighted by Gasteiger charge is -2.29. The molecule has 27 heavy (non-hydrogen) atoms. The summed E-state index contributed by atoms with van der Waals surface area (Å²) in [7, 11) is 0. The second-order valence-electron chi connectivity index (χ2n) is 7.14. The molecule has 1 aromatic carbocycles. The van der Waals surface area contributed by atoms with Gasteiger partial charge in [0.05, 0.1) is 13.2 Å². The average Bonchev–Trinajstić information content (AvgIpc) is 2.67. The molecule has 0 heterocycles. The van der Waals surface area contributed by atoms with Crippen LogP contribution in [-0.2, 0) is 9.47 Å². The van der Waals surface area contributed by atoms with Gasteiger partial charge in [-0.25, -0.2) is 0 Å². The first-order chi connectivity index (χ1) is 13.1. The second kappa shape index (κ2) is 14.4. The number of ether oxygens (including phenoxy) is 2. The van der Waals surface area contributed by atoms with E-state index in [0.29, 0.717) is 32.3 Å². The molecule has 0 spiro atoms. The van der Waals surface area contributed by atoms with Gasteiger partial charge in [0.1, 0.15) is 11.8 Å². The van der Waals surface area contributed by atoms with E-state index < -0.39 is 6.04 Å². The molecule has 0 fully saturated rings. The van der Waals surface area contributed by atoms with E-state index in [1.165, 1.54) is 0 Å². The Morgan fingerprint density at radius 2 is 1.59 bits per heavy atom. The number of aromatic hydroxyl groups is 1. The number of nitroso groups, excluding NO2 is 1. The third-order valence-electron chi connectivity index (χ3n) is 4.32. The van der Waals surface area contributed by atoms with Crippen molar-refractivity contribution in [1.82, 2.24) is 0 Å². The van der Waals surface area contributed by atoms with Crippen molar-refractivity contribution in [3.05, 3.63) is 29.2 Å². The van der Waals surface area contributed by atoms with Gasteiger partial charge < -0.3 is 19.5 Å². The van der Waals surface area contributed by atoms with Gasteiger partial charge in [-0.3, -0.25) is 0 Å². The van der Waals surface area contributed by atoms with Crippen molar-refractivity contribution in [2.24, 2.45) is 11.1 Å². The molecule has 6 heteroatoms. The highest BCUT2D eigenvalue weighted by Gasteiger charge is 2.18. The smallest absolute Gasteiger partial charge is 0.133 e. The fourth-order valence-electron chi connectivity index (χ4n) is 2.75. The molecule has 6 nitrogen and oxygen atoms in total. The van der Waals surface area contributed by atoms with Gasteiger partial charge in [0.2, 0.25) is 0 Å². The molecule has 0 saturated heterocycles. The van der Waals surface area contributed by atoms with Gasteiger partial charge >= 0.3 is 0 Å². The minimum absolute atomic E-state index is 0.225. The number of unbranched alkanes of at least 4 members (excludes halogenated alkanes) is 2. The maximum Gasteiger partial charge on any atom is 0.133 e. The van der Waals surface area contributed by atoms with Crippen molar-refractivity contribution in [1.29, 1.82) is 0 Å². The Balaban J connectivity index is 2.66. The summed E-state index contributed by atoms with van der Waals surface area (Å²) in [6.07, 6.45) is 4.24. The first kappa shape index (κ1) is 23.4. The fraction of sp³-hybridized carbons (Fsp3) is 0.714. The summed E-state index contributed by atoms with van der Waals surface area (Å²) in [6, 6.07) is 6.61. The van der Waals surface area contributed by atoms with E-state index in [-0.39, 0.29) is 5.75 Å². The van der Waals surface area contributed by atoms with E-state index in [4.69, 9.17) is 9.47 Å². The molecule has 0 aliphatic heterocycles. The van der Waals surface area contributed by atoms with E-state index in [2.05, 4.69) is 30.8 Å². The Labute approximate surface area is 163 Å². The van der Waals surface area contributed by atoms with Crippen LogP contribution in [0.3, 0.4) is 0 Å². The van der Waals surface area contributed by atoms with E-state index in [9.17, 15) is 10.0 Å². The van der Waals surface area contributed by atoms with Crippen LogP contribution in [-0.4, -0.2) is 50.7 Å². The van der Waals surface area contributed by atoms with Crippen molar-refractivity contribution in [2.75, 3.05) is 44.4 Å². The van der Waals surface area contributed by atoms with Crippen LogP contribution in [0, 0.1) is 10.8 Å². The Morgan fingerprint density at radius 3 is 2.15 bits per heavy atom. The Hall–Kier alpha value is -1.66. The van der Waals surface area contributed by atoms with Crippen LogP contribution in [0.2, 0.25) is 0 Å². The molecule has 2 unspecified atom stereocenters. The Kier molecular flexibility index (Phi) is 12.5. The maximum absolute atomic E-state index is 11.3. The summed E-state index contributed by atoms with van der Waals surface area (Å²) in [5, 5.41) is 12.8. The molecule has 0 aliphatic carbocycles. The van der Waals surface area contributed by atoms with Crippen LogP contribution >= 0.6 is 0 Å². The zero-order valence-electron chi connectivity index (χ0n) is 17.1. The minimum Gasteiger partial charge on any atom is -0.508 e. The lowest BCUT2D eigenvalue weighted by atomic mass is 10.1. The average molecular weight is 381 g/mol. The number of anilines is 1. The topological polar surface area (TPSA) is 71.4 Å². The van der Waals surface area contributed by atoms with Crippen LogP contribution in [0.5, 0.6) is 5.75 Å². The molecule has 0 radical (unpaired) electrons. The van der Waals surface area contributed by atoms with Gasteiger partial charge in [0, 0.05) is 32.0 Å². The summed E-state index contributed by atoms with van der Waals surface area (Å²) in [5.74, 6) is 0.534. The van der Waals surface area contributed by atoms with E-state index >= 15 is 0 Å². The van der Waals surface area contributed by atoms with Crippen LogP contribution < -0.4 is 4.90 Å². The molecule has 154 valence electrons. The van der Waals surface area contributed by atoms with Crippen LogP contribution in [0.1, 0.15) is 46.5 Å². The first-order valence-electron chi connectivity index (χ1n) is 10.1. The van der Waals surface area contributed by atoms with Crippen molar-refractivity contribution in [3.63, 3.8) is 0 Å². The molecular formula is C21H36N2O4. The number of phenols is 1. The van der Waals surface area contributed by atoms with Crippen molar-refractivity contribution in [2.45, 2.75) is 52.5 Å². The monoisotopic (exact) mass is 380 g/mol. The fourth-order valence-corrected chi connectivity index (χ4v) is 2.75. The van der Waals surface area contributed by atoms with Crippen LogP contribution in [0.25, 0.3) is 0 Å². The summed E-state index contributed by atoms with van der Waals surface area (Å²) >= 11 is 0. The molecule has 0 amide bonds. The minimum atomic E-state index is -0.427. The quantitative estimate of drug-likeness (QED) is 0.335. The van der Waals surface area contributed by atoms with Crippen LogP contribution in [0.4, 0.5) is 5.69 Å². The lowest BCUT2D eigenvalue weighted by molar-refractivity contribution is 0.102. The second-order valence-corrected chi connectivity index (χ2v) is 7.14. The van der Waals surface area contributed by atoms with Gasteiger partial charge in [0.15, 0.2) is 0 Å². The zero-order valence-corrected chi connectivity index (χ0v) is 17.1. The zero-order chi connectivity index (χ0) is 19.9. The predicted molar refractivity (Wildman–Crippen MR) is 111 cm³/mol. The predicted octanol–water partition coefficient (Wildman–Crippen LogP) is 4.60. The first-order valence-corrected chi connectivity index (χ1v) is 10.1. The molecular weight excluding hydrogens is 344 g/mol. The van der Waals surface area contributed by atoms with E-state index in [0.717, 1.165) is 44.5 Å². The lowest BCUT2D eigenvalue weighted by Crippen LogP contribution is -2.37. The molecule has 0 saturated carbocycles. The SMILES string of the molecule is CCCCOCC(C)CN(CC(COCCCC)N=O)c1ccc(O)cc1. The highest BCUT2D eigenvalue weighted by molar-refractivity contribution is 5.49. The van der Waals surface area contributed by atoms with Gasteiger partial charge in [-0.15, -0.1) is 0 Å². The molecule has 0 aromatic heterocycles. The Bertz CT molecular complexity index is 495. The summed E-state index contributed by atoms with van der Waals surface area (Å²) < 4.78 is 11.3. The highest BCUT2D eigenvalue weighted by Crippen LogP contribution is 2.20. The van der Waals surface area contributed by atoms with Gasteiger partial charge in [0.25, 0.3) is 0 Å². The van der Waals surface area contributed by atoms with Gasteiger partial charge in [-0.05, 0) is 43.0 Å².